The van der Waals surface area contributed by atoms with Crippen LogP contribution in [0, 0.1) is 11.6 Å². The number of hydrogen-bond acceptors (Lipinski definition) is 1. The molecule has 1 nitrogen and oxygen atoms in total. The lowest BCUT2D eigenvalue weighted by atomic mass is 10.2. The zero-order chi connectivity index (χ0) is 11.8. The zero-order valence-electron chi connectivity index (χ0n) is 10.4. The lowest BCUT2D eigenvalue weighted by Gasteiger charge is -2.23. The van der Waals surface area contributed by atoms with E-state index in [1.54, 1.807) is 0 Å². The van der Waals surface area contributed by atoms with E-state index in [0.29, 0.717) is 0 Å². The first-order chi connectivity index (χ1) is 7.81. The molecule has 2 heteroatoms. The van der Waals surface area contributed by atoms with Gasteiger partial charge in [-0.3, -0.25) is 4.67 Å². The van der Waals surface area contributed by atoms with Crippen molar-refractivity contribution in [3.05, 3.63) is 35.9 Å². The second-order valence-electron chi connectivity index (χ2n) is 3.46. The fourth-order valence-corrected chi connectivity index (χ4v) is 3.21. The summed E-state index contributed by atoms with van der Waals surface area (Å²) in [5, 5.41) is 0. The molecule has 0 radical (unpaired) electrons. The van der Waals surface area contributed by atoms with Crippen LogP contribution in [0.1, 0.15) is 26.3 Å². The van der Waals surface area contributed by atoms with Crippen molar-refractivity contribution in [1.82, 2.24) is 4.67 Å². The second-order valence-corrected chi connectivity index (χ2v) is 5.68. The Morgan fingerprint density at radius 1 is 1.06 bits per heavy atom. The molecule has 0 fully saturated rings. The SMILES string of the molecule is CCN(CC)P(C#Cc1ccccc1)CC. The van der Waals surface area contributed by atoms with E-state index in [4.69, 9.17) is 0 Å². The van der Waals surface area contributed by atoms with Gasteiger partial charge in [0.2, 0.25) is 0 Å². The minimum absolute atomic E-state index is 0.274. The van der Waals surface area contributed by atoms with Crippen LogP contribution in [0.4, 0.5) is 0 Å². The molecule has 1 aromatic carbocycles. The Kier molecular flexibility index (Phi) is 6.16. The summed E-state index contributed by atoms with van der Waals surface area (Å²) in [6.45, 7) is 8.83. The standard InChI is InChI=1S/C14H20NP/c1-4-15(5-2)16(6-3)13-12-14-10-8-7-9-11-14/h7-11H,4-6H2,1-3H3. The first-order valence-corrected chi connectivity index (χ1v) is 7.38. The summed E-state index contributed by atoms with van der Waals surface area (Å²) in [4.78, 5) is 0. The van der Waals surface area contributed by atoms with E-state index in [1.807, 2.05) is 18.2 Å². The molecule has 0 heterocycles. The van der Waals surface area contributed by atoms with Crippen LogP contribution in [-0.4, -0.2) is 23.9 Å². The van der Waals surface area contributed by atoms with Gasteiger partial charge in [-0.15, -0.1) is 0 Å². The Hall–Kier alpha value is -0.830. The minimum atomic E-state index is -0.274. The third-order valence-electron chi connectivity index (χ3n) is 2.47. The Balaban J connectivity index is 2.73. The summed E-state index contributed by atoms with van der Waals surface area (Å²) in [7, 11) is -0.274. The van der Waals surface area contributed by atoms with Crippen molar-refractivity contribution in [2.75, 3.05) is 19.3 Å². The molecule has 0 N–H and O–H groups in total. The first kappa shape index (κ1) is 13.2. The van der Waals surface area contributed by atoms with Crippen LogP contribution >= 0.6 is 8.07 Å². The van der Waals surface area contributed by atoms with Gasteiger partial charge in [-0.25, -0.2) is 0 Å². The molecule has 0 aliphatic rings. The van der Waals surface area contributed by atoms with Gasteiger partial charge in [-0.05, 0) is 18.3 Å². The average Bonchev–Trinajstić information content (AvgIpc) is 2.35. The van der Waals surface area contributed by atoms with Gasteiger partial charge in [0, 0.05) is 26.7 Å². The zero-order valence-corrected chi connectivity index (χ0v) is 11.3. The van der Waals surface area contributed by atoms with E-state index >= 15 is 0 Å². The van der Waals surface area contributed by atoms with Crippen molar-refractivity contribution in [2.45, 2.75) is 20.8 Å². The fourth-order valence-electron chi connectivity index (χ4n) is 1.57. The monoisotopic (exact) mass is 233 g/mol. The van der Waals surface area contributed by atoms with Crippen molar-refractivity contribution in [3.8, 4) is 11.6 Å². The van der Waals surface area contributed by atoms with E-state index < -0.39 is 0 Å². The van der Waals surface area contributed by atoms with E-state index in [9.17, 15) is 0 Å². The Morgan fingerprint density at radius 2 is 1.69 bits per heavy atom. The largest absolute Gasteiger partial charge is 0.273 e. The predicted octanol–water partition coefficient (Wildman–Crippen LogP) is 3.75. The Bertz CT molecular complexity index is 346. The molecule has 1 rings (SSSR count). The quantitative estimate of drug-likeness (QED) is 0.565. The van der Waals surface area contributed by atoms with Crippen molar-refractivity contribution < 1.29 is 0 Å². The average molecular weight is 233 g/mol. The molecule has 1 unspecified atom stereocenters. The minimum Gasteiger partial charge on any atom is -0.273 e. The summed E-state index contributed by atoms with van der Waals surface area (Å²) in [5.74, 6) is 3.28. The normalized spacial score (nSPS) is 12.0. The molecule has 0 saturated carbocycles. The predicted molar refractivity (Wildman–Crippen MR) is 73.7 cm³/mol. The summed E-state index contributed by atoms with van der Waals surface area (Å²) in [6, 6.07) is 10.2. The summed E-state index contributed by atoms with van der Waals surface area (Å²) >= 11 is 0. The number of nitrogens with zero attached hydrogens (tertiary/aromatic N) is 1. The van der Waals surface area contributed by atoms with Gasteiger partial charge in [0.05, 0.1) is 0 Å². The van der Waals surface area contributed by atoms with Crippen LogP contribution in [0.3, 0.4) is 0 Å². The number of benzene rings is 1. The van der Waals surface area contributed by atoms with Crippen LogP contribution in [-0.2, 0) is 0 Å². The molecule has 16 heavy (non-hydrogen) atoms. The lowest BCUT2D eigenvalue weighted by molar-refractivity contribution is 0.511. The smallest absolute Gasteiger partial charge is 0.0443 e. The lowest BCUT2D eigenvalue weighted by Crippen LogP contribution is -2.16. The van der Waals surface area contributed by atoms with Crippen LogP contribution in [0.2, 0.25) is 0 Å². The van der Waals surface area contributed by atoms with Crippen LogP contribution in [0.5, 0.6) is 0 Å². The highest BCUT2D eigenvalue weighted by Crippen LogP contribution is 2.37. The van der Waals surface area contributed by atoms with E-state index in [0.717, 1.165) is 24.8 Å². The number of hydrogen-bond donors (Lipinski definition) is 0. The molecular formula is C14H20NP. The highest BCUT2D eigenvalue weighted by Gasteiger charge is 2.09. The second kappa shape index (κ2) is 7.44. The topological polar surface area (TPSA) is 3.24 Å². The van der Waals surface area contributed by atoms with E-state index in [2.05, 4.69) is 49.2 Å². The van der Waals surface area contributed by atoms with Crippen molar-refractivity contribution in [1.29, 1.82) is 0 Å². The third-order valence-corrected chi connectivity index (χ3v) is 4.69. The highest BCUT2D eigenvalue weighted by atomic mass is 31.1. The van der Waals surface area contributed by atoms with Gasteiger partial charge in [-0.1, -0.05) is 50.6 Å². The highest BCUT2D eigenvalue weighted by molar-refractivity contribution is 7.60. The maximum absolute atomic E-state index is 3.43. The van der Waals surface area contributed by atoms with Gasteiger partial charge >= 0.3 is 0 Å². The number of rotatable bonds is 4. The maximum Gasteiger partial charge on any atom is 0.0443 e. The van der Waals surface area contributed by atoms with Gasteiger partial charge in [0.15, 0.2) is 0 Å². The first-order valence-electron chi connectivity index (χ1n) is 5.90. The van der Waals surface area contributed by atoms with Gasteiger partial charge in [0.1, 0.15) is 0 Å². The molecule has 0 aliphatic carbocycles. The Morgan fingerprint density at radius 3 is 2.19 bits per heavy atom. The molecule has 0 bridgehead atoms. The molecule has 0 spiro atoms. The van der Waals surface area contributed by atoms with Crippen LogP contribution in [0.25, 0.3) is 0 Å². The van der Waals surface area contributed by atoms with Gasteiger partial charge in [-0.2, -0.15) is 0 Å². The van der Waals surface area contributed by atoms with Gasteiger partial charge in [0.25, 0.3) is 0 Å². The molecule has 1 aromatic rings. The van der Waals surface area contributed by atoms with E-state index in [1.165, 1.54) is 0 Å². The molecule has 86 valence electrons. The molecule has 0 aliphatic heterocycles. The van der Waals surface area contributed by atoms with Crippen molar-refractivity contribution in [2.24, 2.45) is 0 Å². The third kappa shape index (κ3) is 3.97. The molecule has 0 saturated heterocycles. The molecule has 0 amide bonds. The van der Waals surface area contributed by atoms with Crippen molar-refractivity contribution in [3.63, 3.8) is 0 Å². The van der Waals surface area contributed by atoms with E-state index in [-0.39, 0.29) is 8.07 Å². The van der Waals surface area contributed by atoms with Crippen LogP contribution < -0.4 is 0 Å². The maximum atomic E-state index is 3.43. The molecule has 1 atom stereocenters. The molecular weight excluding hydrogens is 213 g/mol. The molecule has 0 aromatic heterocycles. The summed E-state index contributed by atoms with van der Waals surface area (Å²) in [6.07, 6.45) is 1.15. The fraction of sp³-hybridized carbons (Fsp3) is 0.429. The summed E-state index contributed by atoms with van der Waals surface area (Å²) in [5.41, 5.74) is 4.55. The van der Waals surface area contributed by atoms with Crippen molar-refractivity contribution >= 4 is 8.07 Å². The Labute approximate surface area is 101 Å². The summed E-state index contributed by atoms with van der Waals surface area (Å²) < 4.78 is 2.46. The van der Waals surface area contributed by atoms with Crippen LogP contribution in [0.15, 0.2) is 30.3 Å². The van der Waals surface area contributed by atoms with Gasteiger partial charge < -0.3 is 0 Å².